The molecule has 1 amide bonds. The summed E-state index contributed by atoms with van der Waals surface area (Å²) >= 11 is 0. The van der Waals surface area contributed by atoms with Gasteiger partial charge in [-0.3, -0.25) is 4.79 Å². The normalized spacial score (nSPS) is 11.3. The molecule has 21 heavy (non-hydrogen) atoms. The van der Waals surface area contributed by atoms with Gasteiger partial charge in [-0.1, -0.05) is 0 Å². The Morgan fingerprint density at radius 2 is 1.95 bits per heavy atom. The number of hydrogen-bond acceptors (Lipinski definition) is 3. The van der Waals surface area contributed by atoms with Gasteiger partial charge in [0, 0.05) is 18.1 Å². The molecule has 0 radical (unpaired) electrons. The van der Waals surface area contributed by atoms with Crippen LogP contribution in [0.5, 0.6) is 0 Å². The minimum atomic E-state index is -3.44. The van der Waals surface area contributed by atoms with Crippen LogP contribution in [0.4, 0.5) is 10.1 Å². The summed E-state index contributed by atoms with van der Waals surface area (Å²) in [6.07, 6.45) is 4.31. The largest absolute Gasteiger partial charge is 0.325 e. The lowest BCUT2D eigenvalue weighted by molar-refractivity contribution is -0.115. The Balaban J connectivity index is 2.11. The molecule has 0 aliphatic rings. The number of sulfonamides is 1. The highest BCUT2D eigenvalue weighted by Crippen LogP contribution is 2.18. The van der Waals surface area contributed by atoms with Crippen LogP contribution in [0.15, 0.2) is 42.7 Å². The molecule has 0 bridgehead atoms. The molecule has 0 saturated heterocycles. The molecule has 1 aromatic heterocycles. The number of carbonyl (C=O) groups excluding carboxylic acids is 1. The van der Waals surface area contributed by atoms with Crippen molar-refractivity contribution in [1.82, 2.24) is 9.29 Å². The van der Waals surface area contributed by atoms with Gasteiger partial charge in [0.1, 0.15) is 5.82 Å². The number of nitrogens with one attached hydrogen (secondary N) is 2. The molecule has 0 atom stereocenters. The van der Waals surface area contributed by atoms with E-state index in [1.54, 1.807) is 29.1 Å². The van der Waals surface area contributed by atoms with Crippen LogP contribution in [-0.4, -0.2) is 31.7 Å². The van der Waals surface area contributed by atoms with E-state index < -0.39 is 21.7 Å². The van der Waals surface area contributed by atoms with E-state index in [4.69, 9.17) is 0 Å². The van der Waals surface area contributed by atoms with Crippen molar-refractivity contribution in [2.45, 2.75) is 0 Å². The quantitative estimate of drug-likeness (QED) is 0.868. The van der Waals surface area contributed by atoms with Crippen molar-refractivity contribution in [3.8, 4) is 5.69 Å². The summed E-state index contributed by atoms with van der Waals surface area (Å²) in [5.74, 6) is -0.969. The third-order valence-electron chi connectivity index (χ3n) is 2.61. The standard InChI is InChI=1S/C13H14FN3O3S/c1-21(19,20)15-9-13(18)16-10-4-5-11(14)12(8-10)17-6-2-3-7-17/h2-8,15H,9H2,1H3,(H,16,18). The van der Waals surface area contributed by atoms with E-state index >= 15 is 0 Å². The minimum absolute atomic E-state index is 0.286. The fraction of sp³-hybridized carbons (Fsp3) is 0.154. The molecule has 2 aromatic rings. The zero-order chi connectivity index (χ0) is 15.5. The van der Waals surface area contributed by atoms with Gasteiger partial charge in [0.05, 0.1) is 18.5 Å². The Labute approximate surface area is 121 Å². The number of hydrogen-bond donors (Lipinski definition) is 2. The van der Waals surface area contributed by atoms with E-state index in [0.29, 0.717) is 5.69 Å². The summed E-state index contributed by atoms with van der Waals surface area (Å²) < 4.78 is 39.2. The Hall–Kier alpha value is -2.19. The molecular weight excluding hydrogens is 297 g/mol. The van der Waals surface area contributed by atoms with Gasteiger partial charge < -0.3 is 9.88 Å². The van der Waals surface area contributed by atoms with E-state index in [1.807, 2.05) is 0 Å². The van der Waals surface area contributed by atoms with E-state index in [0.717, 1.165) is 6.26 Å². The van der Waals surface area contributed by atoms with Crippen LogP contribution in [0.3, 0.4) is 0 Å². The minimum Gasteiger partial charge on any atom is -0.325 e. The summed E-state index contributed by atoms with van der Waals surface area (Å²) in [6.45, 7) is -0.380. The number of anilines is 1. The predicted molar refractivity (Wildman–Crippen MR) is 77.2 cm³/mol. The van der Waals surface area contributed by atoms with Gasteiger partial charge in [0.15, 0.2) is 0 Å². The predicted octanol–water partition coefficient (Wildman–Crippen LogP) is 1.10. The summed E-state index contributed by atoms with van der Waals surface area (Å²) in [7, 11) is -3.44. The fourth-order valence-electron chi connectivity index (χ4n) is 1.69. The highest BCUT2D eigenvalue weighted by atomic mass is 32.2. The number of aromatic nitrogens is 1. The van der Waals surface area contributed by atoms with Crippen LogP contribution in [0, 0.1) is 5.82 Å². The molecule has 0 unspecified atom stereocenters. The number of carbonyl (C=O) groups is 1. The van der Waals surface area contributed by atoms with Gasteiger partial charge in [0.2, 0.25) is 15.9 Å². The molecular formula is C13H14FN3O3S. The second-order valence-electron chi connectivity index (χ2n) is 4.40. The Bertz CT molecular complexity index is 742. The van der Waals surface area contributed by atoms with Gasteiger partial charge in [-0.2, -0.15) is 0 Å². The smallest absolute Gasteiger partial charge is 0.239 e. The number of amides is 1. The van der Waals surface area contributed by atoms with Crippen LogP contribution in [-0.2, 0) is 14.8 Å². The fourth-order valence-corrected chi connectivity index (χ4v) is 2.08. The highest BCUT2D eigenvalue weighted by Gasteiger charge is 2.09. The maximum atomic E-state index is 13.7. The molecule has 2 rings (SSSR count). The first-order valence-corrected chi connectivity index (χ1v) is 7.92. The first kappa shape index (κ1) is 15.2. The molecule has 0 saturated carbocycles. The van der Waals surface area contributed by atoms with E-state index in [1.165, 1.54) is 18.2 Å². The number of halogens is 1. The van der Waals surface area contributed by atoms with Gasteiger partial charge in [-0.15, -0.1) is 0 Å². The summed E-state index contributed by atoms with van der Waals surface area (Å²) in [4.78, 5) is 11.6. The van der Waals surface area contributed by atoms with Gasteiger partial charge in [-0.05, 0) is 30.3 Å². The molecule has 1 heterocycles. The molecule has 2 N–H and O–H groups in total. The maximum Gasteiger partial charge on any atom is 0.239 e. The number of rotatable bonds is 5. The van der Waals surface area contributed by atoms with Crippen LogP contribution in [0.2, 0.25) is 0 Å². The van der Waals surface area contributed by atoms with Gasteiger partial charge >= 0.3 is 0 Å². The molecule has 6 nitrogen and oxygen atoms in total. The van der Waals surface area contributed by atoms with Gasteiger partial charge in [-0.25, -0.2) is 17.5 Å². The molecule has 112 valence electrons. The lowest BCUT2D eigenvalue weighted by atomic mass is 10.2. The lowest BCUT2D eigenvalue weighted by Crippen LogP contribution is -2.32. The third-order valence-corrected chi connectivity index (χ3v) is 3.28. The Morgan fingerprint density at radius 1 is 1.29 bits per heavy atom. The van der Waals surface area contributed by atoms with Crippen molar-refractivity contribution in [3.05, 3.63) is 48.5 Å². The first-order chi connectivity index (χ1) is 9.85. The monoisotopic (exact) mass is 311 g/mol. The van der Waals surface area contributed by atoms with Crippen molar-refractivity contribution < 1.29 is 17.6 Å². The number of nitrogens with zero attached hydrogens (tertiary/aromatic N) is 1. The van der Waals surface area contributed by atoms with Crippen molar-refractivity contribution >= 4 is 21.6 Å². The third kappa shape index (κ3) is 4.40. The van der Waals surface area contributed by atoms with Crippen molar-refractivity contribution in [2.75, 3.05) is 18.1 Å². The van der Waals surface area contributed by atoms with Crippen LogP contribution >= 0.6 is 0 Å². The Morgan fingerprint density at radius 3 is 2.57 bits per heavy atom. The van der Waals surface area contributed by atoms with E-state index in [2.05, 4.69) is 10.0 Å². The molecule has 0 aliphatic carbocycles. The maximum absolute atomic E-state index is 13.7. The zero-order valence-corrected chi connectivity index (χ0v) is 12.0. The number of benzene rings is 1. The SMILES string of the molecule is CS(=O)(=O)NCC(=O)Nc1ccc(F)c(-n2cccc2)c1. The van der Waals surface area contributed by atoms with E-state index in [9.17, 15) is 17.6 Å². The van der Waals surface area contributed by atoms with Crippen molar-refractivity contribution in [2.24, 2.45) is 0 Å². The van der Waals surface area contributed by atoms with Crippen LogP contribution in [0.1, 0.15) is 0 Å². The molecule has 0 spiro atoms. The average Bonchev–Trinajstić information content (AvgIpc) is 2.92. The van der Waals surface area contributed by atoms with Gasteiger partial charge in [0.25, 0.3) is 0 Å². The zero-order valence-electron chi connectivity index (χ0n) is 11.2. The lowest BCUT2D eigenvalue weighted by Gasteiger charge is -2.09. The topological polar surface area (TPSA) is 80.2 Å². The second kappa shape index (κ2) is 6.06. The average molecular weight is 311 g/mol. The molecule has 1 aromatic carbocycles. The molecule has 0 aliphatic heterocycles. The van der Waals surface area contributed by atoms with Crippen LogP contribution < -0.4 is 10.0 Å². The van der Waals surface area contributed by atoms with Crippen LogP contribution in [0.25, 0.3) is 5.69 Å². The van der Waals surface area contributed by atoms with Crippen molar-refractivity contribution in [3.63, 3.8) is 0 Å². The molecule has 8 heteroatoms. The van der Waals surface area contributed by atoms with E-state index in [-0.39, 0.29) is 12.2 Å². The summed E-state index contributed by atoms with van der Waals surface area (Å²) in [5, 5.41) is 2.50. The summed E-state index contributed by atoms with van der Waals surface area (Å²) in [5.41, 5.74) is 0.661. The first-order valence-electron chi connectivity index (χ1n) is 6.02. The highest BCUT2D eigenvalue weighted by molar-refractivity contribution is 7.88. The Kier molecular flexibility index (Phi) is 4.39. The second-order valence-corrected chi connectivity index (χ2v) is 6.23. The van der Waals surface area contributed by atoms with Crippen molar-refractivity contribution in [1.29, 1.82) is 0 Å². The summed E-state index contributed by atoms with van der Waals surface area (Å²) in [6, 6.07) is 7.60. The molecule has 0 fully saturated rings.